The molecule has 1 aliphatic rings. The summed E-state index contributed by atoms with van der Waals surface area (Å²) in [5.41, 5.74) is 1.79. The van der Waals surface area contributed by atoms with Gasteiger partial charge in [0.15, 0.2) is 0 Å². The minimum absolute atomic E-state index is 0.00219. The highest BCUT2D eigenvalue weighted by Gasteiger charge is 2.28. The molecule has 1 aromatic rings. The van der Waals surface area contributed by atoms with Gasteiger partial charge in [-0.2, -0.15) is 0 Å². The number of benzene rings is 1. The molecule has 1 aliphatic carbocycles. The van der Waals surface area contributed by atoms with Gasteiger partial charge in [0.25, 0.3) is 0 Å². The van der Waals surface area contributed by atoms with Crippen LogP contribution >= 0.6 is 0 Å². The van der Waals surface area contributed by atoms with Crippen LogP contribution < -0.4 is 5.32 Å². The molecule has 1 atom stereocenters. The third-order valence-corrected chi connectivity index (χ3v) is 5.05. The van der Waals surface area contributed by atoms with Crippen molar-refractivity contribution < 1.29 is 28.7 Å². The maximum atomic E-state index is 12.4. The van der Waals surface area contributed by atoms with Crippen LogP contribution in [0.1, 0.15) is 56.6 Å². The number of ketones is 2. The third-order valence-electron chi connectivity index (χ3n) is 5.05. The first kappa shape index (κ1) is 23.7. The number of carbonyl (C=O) groups excluding carboxylic acids is 4. The Morgan fingerprint density at radius 2 is 1.80 bits per heavy atom. The number of hydrogen-bond donors (Lipinski definition) is 1. The lowest BCUT2D eigenvalue weighted by Crippen LogP contribution is -2.28. The Balaban J connectivity index is 1.63. The van der Waals surface area contributed by atoms with E-state index in [1.807, 2.05) is 24.3 Å². The average Bonchev–Trinajstić information content (AvgIpc) is 2.75. The fourth-order valence-corrected chi connectivity index (χ4v) is 3.29. The summed E-state index contributed by atoms with van der Waals surface area (Å²) in [6.07, 6.45) is 4.19. The first-order valence-electron chi connectivity index (χ1n) is 10.6. The normalized spacial score (nSPS) is 16.2. The van der Waals surface area contributed by atoms with E-state index in [9.17, 15) is 19.2 Å². The number of esters is 1. The Hall–Kier alpha value is -2.54. The highest BCUT2D eigenvalue weighted by Crippen LogP contribution is 2.22. The van der Waals surface area contributed by atoms with Gasteiger partial charge in [0.1, 0.15) is 18.2 Å². The number of amides is 1. The van der Waals surface area contributed by atoms with E-state index in [0.29, 0.717) is 38.8 Å². The summed E-state index contributed by atoms with van der Waals surface area (Å²) in [5.74, 6) is -0.824. The van der Waals surface area contributed by atoms with Crippen molar-refractivity contribution in [2.45, 2.75) is 58.4 Å². The summed E-state index contributed by atoms with van der Waals surface area (Å²) in [7, 11) is 0. The molecule has 0 heterocycles. The SMILES string of the molecule is CCC(=O)OCCCOCC(=O)NCc1ccc(CC(=O)C2CCCCC2=O)cc1. The summed E-state index contributed by atoms with van der Waals surface area (Å²) >= 11 is 0. The quantitative estimate of drug-likeness (QED) is 0.319. The second-order valence-electron chi connectivity index (χ2n) is 7.48. The Kier molecular flexibility index (Phi) is 10.2. The Labute approximate surface area is 177 Å². The Morgan fingerprint density at radius 3 is 2.50 bits per heavy atom. The number of ether oxygens (including phenoxy) is 2. The summed E-state index contributed by atoms with van der Waals surface area (Å²) in [6.45, 7) is 2.68. The highest BCUT2D eigenvalue weighted by molar-refractivity contribution is 6.03. The van der Waals surface area contributed by atoms with Crippen LogP contribution in [0.4, 0.5) is 0 Å². The average molecular weight is 418 g/mol. The molecule has 0 radical (unpaired) electrons. The standard InChI is InChI=1S/C23H31NO6/c1-2-23(28)30-13-5-12-29-16-22(27)24-15-18-10-8-17(9-11-18)14-21(26)19-6-3-4-7-20(19)25/h8-11,19H,2-7,12-16H2,1H3,(H,24,27). The van der Waals surface area contributed by atoms with Gasteiger partial charge < -0.3 is 14.8 Å². The van der Waals surface area contributed by atoms with E-state index in [0.717, 1.165) is 24.0 Å². The molecule has 0 aromatic heterocycles. The van der Waals surface area contributed by atoms with Gasteiger partial charge in [-0.25, -0.2) is 0 Å². The second-order valence-corrected chi connectivity index (χ2v) is 7.48. The number of hydrogen-bond acceptors (Lipinski definition) is 6. The molecule has 0 aliphatic heterocycles. The van der Waals surface area contributed by atoms with E-state index in [1.54, 1.807) is 6.92 Å². The third kappa shape index (κ3) is 8.45. The summed E-state index contributed by atoms with van der Waals surface area (Å²) in [4.78, 5) is 47.1. The molecule has 1 N–H and O–H groups in total. The van der Waals surface area contributed by atoms with Crippen molar-refractivity contribution in [3.63, 3.8) is 0 Å². The van der Waals surface area contributed by atoms with Crippen molar-refractivity contribution in [3.05, 3.63) is 35.4 Å². The molecule has 1 aromatic carbocycles. The zero-order valence-corrected chi connectivity index (χ0v) is 17.6. The molecule has 164 valence electrons. The molecular formula is C23H31NO6. The molecule has 2 rings (SSSR count). The summed E-state index contributed by atoms with van der Waals surface area (Å²) in [5, 5.41) is 2.77. The van der Waals surface area contributed by atoms with Crippen LogP contribution in [0.25, 0.3) is 0 Å². The van der Waals surface area contributed by atoms with E-state index in [1.165, 1.54) is 0 Å². The van der Waals surface area contributed by atoms with Gasteiger partial charge in [-0.15, -0.1) is 0 Å². The summed E-state index contributed by atoms with van der Waals surface area (Å²) < 4.78 is 10.2. The van der Waals surface area contributed by atoms with Crippen LogP contribution in [-0.4, -0.2) is 43.3 Å². The molecule has 1 amide bonds. The lowest BCUT2D eigenvalue weighted by Gasteiger charge is -2.19. The highest BCUT2D eigenvalue weighted by atomic mass is 16.5. The minimum Gasteiger partial charge on any atom is -0.466 e. The van der Waals surface area contributed by atoms with Crippen LogP contribution in [0.2, 0.25) is 0 Å². The lowest BCUT2D eigenvalue weighted by atomic mass is 9.83. The van der Waals surface area contributed by atoms with Crippen LogP contribution in [0.15, 0.2) is 24.3 Å². The second kappa shape index (κ2) is 12.9. The fraction of sp³-hybridized carbons (Fsp3) is 0.565. The number of carbonyl (C=O) groups is 4. The Bertz CT molecular complexity index is 728. The predicted octanol–water partition coefficient (Wildman–Crippen LogP) is 2.53. The zero-order valence-electron chi connectivity index (χ0n) is 17.6. The van der Waals surface area contributed by atoms with Gasteiger partial charge in [-0.05, 0) is 24.0 Å². The first-order chi connectivity index (χ1) is 14.5. The molecule has 1 fully saturated rings. The van der Waals surface area contributed by atoms with Gasteiger partial charge in [0, 0.05) is 32.2 Å². The smallest absolute Gasteiger partial charge is 0.305 e. The van der Waals surface area contributed by atoms with Gasteiger partial charge in [0.2, 0.25) is 5.91 Å². The monoisotopic (exact) mass is 417 g/mol. The lowest BCUT2D eigenvalue weighted by molar-refractivity contribution is -0.144. The van der Waals surface area contributed by atoms with Crippen molar-refractivity contribution >= 4 is 23.4 Å². The van der Waals surface area contributed by atoms with Crippen molar-refractivity contribution in [1.82, 2.24) is 5.32 Å². The van der Waals surface area contributed by atoms with E-state index in [4.69, 9.17) is 9.47 Å². The molecule has 0 saturated heterocycles. The first-order valence-corrected chi connectivity index (χ1v) is 10.6. The number of nitrogens with one attached hydrogen (secondary N) is 1. The van der Waals surface area contributed by atoms with Gasteiger partial charge in [0.05, 0.1) is 19.1 Å². The molecule has 7 nitrogen and oxygen atoms in total. The van der Waals surface area contributed by atoms with Crippen LogP contribution in [0.3, 0.4) is 0 Å². The van der Waals surface area contributed by atoms with E-state index < -0.39 is 5.92 Å². The van der Waals surface area contributed by atoms with Crippen LogP contribution in [0, 0.1) is 5.92 Å². The number of rotatable bonds is 12. The molecular weight excluding hydrogens is 386 g/mol. The summed E-state index contributed by atoms with van der Waals surface area (Å²) in [6, 6.07) is 7.46. The van der Waals surface area contributed by atoms with Crippen molar-refractivity contribution in [2.75, 3.05) is 19.8 Å². The largest absolute Gasteiger partial charge is 0.466 e. The Morgan fingerprint density at radius 1 is 1.07 bits per heavy atom. The zero-order chi connectivity index (χ0) is 21.8. The van der Waals surface area contributed by atoms with Gasteiger partial charge >= 0.3 is 5.97 Å². The van der Waals surface area contributed by atoms with Crippen molar-refractivity contribution in [1.29, 1.82) is 0 Å². The predicted molar refractivity (Wildman–Crippen MR) is 111 cm³/mol. The van der Waals surface area contributed by atoms with Gasteiger partial charge in [-0.1, -0.05) is 37.6 Å². The maximum absolute atomic E-state index is 12.4. The van der Waals surface area contributed by atoms with E-state index in [2.05, 4.69) is 5.32 Å². The van der Waals surface area contributed by atoms with Crippen LogP contribution in [0.5, 0.6) is 0 Å². The van der Waals surface area contributed by atoms with Crippen LogP contribution in [-0.2, 0) is 41.6 Å². The molecule has 7 heteroatoms. The maximum Gasteiger partial charge on any atom is 0.305 e. The van der Waals surface area contributed by atoms with E-state index in [-0.39, 0.29) is 43.1 Å². The van der Waals surface area contributed by atoms with Crippen molar-refractivity contribution in [2.24, 2.45) is 5.92 Å². The topological polar surface area (TPSA) is 98.8 Å². The van der Waals surface area contributed by atoms with Gasteiger partial charge in [-0.3, -0.25) is 19.2 Å². The number of Topliss-reactive ketones (excluding diaryl/α,β-unsaturated/α-hetero) is 2. The minimum atomic E-state index is -0.434. The van der Waals surface area contributed by atoms with Crippen molar-refractivity contribution in [3.8, 4) is 0 Å². The molecule has 1 unspecified atom stereocenters. The molecule has 0 spiro atoms. The fourth-order valence-electron chi connectivity index (χ4n) is 3.29. The molecule has 1 saturated carbocycles. The molecule has 0 bridgehead atoms. The van der Waals surface area contributed by atoms with E-state index >= 15 is 0 Å². The molecule has 30 heavy (non-hydrogen) atoms.